The van der Waals surface area contributed by atoms with E-state index in [1.807, 2.05) is 27.7 Å². The number of guanidine groups is 1. The molecule has 0 radical (unpaired) electrons. The lowest BCUT2D eigenvalue weighted by molar-refractivity contribution is -0.144. The highest BCUT2D eigenvalue weighted by Gasteiger charge is 2.42. The Morgan fingerprint density at radius 2 is 1.02 bits per heavy atom. The average molecular weight is 1460 g/mol. The van der Waals surface area contributed by atoms with Gasteiger partial charge in [-0.05, 0) is 92.9 Å². The molecule has 1 aliphatic heterocycles. The van der Waals surface area contributed by atoms with Crippen LogP contribution >= 0.6 is 0 Å². The molecule has 35 nitrogen and oxygen atoms in total. The Morgan fingerprint density at radius 1 is 0.544 bits per heavy atom. The van der Waals surface area contributed by atoms with Crippen LogP contribution in [0.5, 0.6) is 0 Å². The molecule has 0 bridgehead atoms. The number of carbonyl (C=O) groups excluding carboxylic acids is 13. The predicted octanol–water partition coefficient (Wildman–Crippen LogP) is -4.37. The van der Waals surface area contributed by atoms with Gasteiger partial charge in [0.05, 0.1) is 31.9 Å². The molecule has 2 rings (SSSR count). The van der Waals surface area contributed by atoms with Crippen LogP contribution in [0.4, 0.5) is 0 Å². The van der Waals surface area contributed by atoms with Crippen molar-refractivity contribution in [3.05, 3.63) is 35.9 Å². The molecule has 103 heavy (non-hydrogen) atoms. The third-order valence-corrected chi connectivity index (χ3v) is 16.7. The fourth-order valence-electron chi connectivity index (χ4n) is 10.9. The SMILES string of the molecule is CC(C)C[C@H](NC(=O)[C@@H](N)CC(C)C)C(=O)N1CCC[C@H]1C(=O)N[C@@H](CCCN=C(N)N)C(=O)N[C@H](C(=O)N[C@@H](C)C(=O)NC(C(=O)NCC(=O)N[C@@H](CO)C(=O)N[C@@H](CO)C(=O)N[C@@H](Cc1ccccc1)C(=O)N[C@H](C(=O)N[C@H](C(=O)N[C@H](C(=O)O)C(C)C)[C@@H](C)O)C(C)C)C(C)(C)C)C(C)C. The Morgan fingerprint density at radius 3 is 1.51 bits per heavy atom. The van der Waals surface area contributed by atoms with Gasteiger partial charge in [0, 0.05) is 19.5 Å². The zero-order valence-electron chi connectivity index (χ0n) is 62.0. The molecule has 22 N–H and O–H groups in total. The summed E-state index contributed by atoms with van der Waals surface area (Å²) in [7, 11) is 0. The second-order valence-electron chi connectivity index (χ2n) is 28.9. The molecule has 35 heteroatoms. The number of likely N-dealkylation sites (tertiary alicyclic amines) is 1. The molecule has 1 unspecified atom stereocenters. The summed E-state index contributed by atoms with van der Waals surface area (Å²) >= 11 is 0. The molecule has 1 fully saturated rings. The summed E-state index contributed by atoms with van der Waals surface area (Å²) in [6.07, 6.45) is -0.278. The number of hydrogen-bond donors (Lipinski definition) is 19. The maximum atomic E-state index is 14.2. The lowest BCUT2D eigenvalue weighted by Crippen LogP contribution is -2.62. The minimum Gasteiger partial charge on any atom is -0.480 e. The number of carbonyl (C=O) groups is 14. The van der Waals surface area contributed by atoms with Crippen LogP contribution in [-0.4, -0.2) is 232 Å². The van der Waals surface area contributed by atoms with E-state index in [-0.39, 0.29) is 63.0 Å². The van der Waals surface area contributed by atoms with Crippen LogP contribution in [-0.2, 0) is 73.5 Å². The number of hydrogen-bond acceptors (Lipinski definition) is 19. The maximum Gasteiger partial charge on any atom is 0.326 e. The quantitative estimate of drug-likeness (QED) is 0.0167. The van der Waals surface area contributed by atoms with Gasteiger partial charge in [-0.25, -0.2) is 4.79 Å². The zero-order valence-corrected chi connectivity index (χ0v) is 62.0. The molecular weight excluding hydrogens is 1340 g/mol. The molecular formula is C68H115N17O18. The third-order valence-electron chi connectivity index (χ3n) is 16.7. The summed E-state index contributed by atoms with van der Waals surface area (Å²) in [6, 6.07) is -9.70. The summed E-state index contributed by atoms with van der Waals surface area (Å²) < 4.78 is 0. The third kappa shape index (κ3) is 30.4. The van der Waals surface area contributed by atoms with Crippen molar-refractivity contribution in [2.24, 2.45) is 57.2 Å². The minimum atomic E-state index is -1.84. The number of carboxylic acids is 1. The Balaban J connectivity index is 2.23. The van der Waals surface area contributed by atoms with Crippen molar-refractivity contribution in [3.63, 3.8) is 0 Å². The molecule has 0 spiro atoms. The van der Waals surface area contributed by atoms with Gasteiger partial charge in [-0.1, -0.05) is 120 Å². The maximum absolute atomic E-state index is 14.2. The fourth-order valence-corrected chi connectivity index (χ4v) is 10.9. The smallest absolute Gasteiger partial charge is 0.326 e. The standard InChI is InChI=1S/C68H115N17O18/c1-33(2)27-41(69)55(91)78-44(28-34(3)4)65(101)85-26-20-24-47(85)60(96)76-42(23-19-25-72-67(70)71)56(92)80-49(35(5)6)61(97)74-38(11)54(90)84-53(68(13,14)15)64(100)73-30-48(89)75-45(31-86)58(94)79-46(32-87)59(95)77-43(29-40-21-17-16-18-22-40)57(93)81-50(36(7)8)62(98)83-52(39(12)88)63(99)82-51(37(9)10)66(102)103/h16-18,21-22,33-39,41-47,49-53,86-88H,19-20,23-32,69H2,1-15H3,(H,73,100)(H,74,97)(H,75,89)(H,76,96)(H,77,95)(H,78,91)(H,79,94)(H,80,92)(H,81,93)(H,82,99)(H,83,98)(H,84,90)(H,102,103)(H4,70,71,72)/t38-,39+,41-,42-,43-,44-,45-,46-,47-,49-,50-,51-,52-,53?/m0/s1. The molecule has 14 atom stereocenters. The van der Waals surface area contributed by atoms with Crippen LogP contribution in [0.15, 0.2) is 35.3 Å². The summed E-state index contributed by atoms with van der Waals surface area (Å²) in [5.41, 5.74) is 16.7. The second kappa shape index (κ2) is 43.1. The van der Waals surface area contributed by atoms with E-state index in [0.29, 0.717) is 18.4 Å². The highest BCUT2D eigenvalue weighted by Crippen LogP contribution is 2.23. The van der Waals surface area contributed by atoms with Crippen LogP contribution in [0.3, 0.4) is 0 Å². The molecule has 1 aromatic carbocycles. The van der Waals surface area contributed by atoms with E-state index >= 15 is 0 Å². The van der Waals surface area contributed by atoms with Crippen molar-refractivity contribution in [1.29, 1.82) is 0 Å². The largest absolute Gasteiger partial charge is 0.480 e. The number of rotatable bonds is 42. The molecule has 580 valence electrons. The molecule has 1 aliphatic rings. The summed E-state index contributed by atoms with van der Waals surface area (Å²) in [5, 5.41) is 70.5. The van der Waals surface area contributed by atoms with E-state index in [1.54, 1.807) is 78.8 Å². The zero-order chi connectivity index (χ0) is 78.5. The van der Waals surface area contributed by atoms with Gasteiger partial charge in [0.1, 0.15) is 72.5 Å². The van der Waals surface area contributed by atoms with Crippen molar-refractivity contribution in [3.8, 4) is 0 Å². The molecule has 1 aromatic rings. The van der Waals surface area contributed by atoms with Gasteiger partial charge in [0.2, 0.25) is 76.8 Å². The number of nitrogens with zero attached hydrogens (tertiary/aromatic N) is 2. The van der Waals surface area contributed by atoms with E-state index in [1.165, 1.54) is 32.6 Å². The van der Waals surface area contributed by atoms with E-state index in [4.69, 9.17) is 17.2 Å². The number of nitrogens with one attached hydrogen (secondary N) is 12. The average Bonchev–Trinajstić information content (AvgIpc) is 1.81. The van der Waals surface area contributed by atoms with E-state index in [2.05, 4.69) is 68.8 Å². The van der Waals surface area contributed by atoms with Gasteiger partial charge in [-0.15, -0.1) is 0 Å². The van der Waals surface area contributed by atoms with Crippen LogP contribution in [0, 0.1) is 35.0 Å². The van der Waals surface area contributed by atoms with Crippen molar-refractivity contribution in [2.45, 2.75) is 233 Å². The molecule has 0 saturated carbocycles. The van der Waals surface area contributed by atoms with Crippen LogP contribution < -0.4 is 81.0 Å². The minimum absolute atomic E-state index is 0.0303. The fraction of sp³-hybridized carbons (Fsp3) is 0.691. The predicted molar refractivity (Wildman–Crippen MR) is 379 cm³/mol. The highest BCUT2D eigenvalue weighted by atomic mass is 16.4. The number of benzene rings is 1. The molecule has 1 heterocycles. The van der Waals surface area contributed by atoms with Gasteiger partial charge in [0.15, 0.2) is 5.96 Å². The first kappa shape index (κ1) is 90.0. The number of aliphatic hydroxyl groups excluding tert-OH is 3. The van der Waals surface area contributed by atoms with E-state index < -0.39 is 210 Å². The number of nitrogens with two attached hydrogens (primary N) is 3. The molecule has 0 aromatic heterocycles. The van der Waals surface area contributed by atoms with Crippen molar-refractivity contribution in [1.82, 2.24) is 68.7 Å². The molecule has 0 aliphatic carbocycles. The lowest BCUT2D eigenvalue weighted by atomic mass is 9.86. The Labute approximate surface area is 602 Å². The second-order valence-corrected chi connectivity index (χ2v) is 28.9. The number of aliphatic carboxylic acids is 1. The van der Waals surface area contributed by atoms with Gasteiger partial charge in [-0.2, -0.15) is 0 Å². The Hall–Kier alpha value is -9.09. The number of carboxylic acid groups (broad SMARTS) is 1. The molecule has 1 saturated heterocycles. The van der Waals surface area contributed by atoms with Gasteiger partial charge < -0.3 is 106 Å². The number of aliphatic imine (C=N–C) groups is 1. The summed E-state index contributed by atoms with van der Waals surface area (Å²) in [6.45, 7) is 21.5. The van der Waals surface area contributed by atoms with Gasteiger partial charge in [0.25, 0.3) is 0 Å². The first-order chi connectivity index (χ1) is 47.9. The normalized spacial score (nSPS) is 16.8. The summed E-state index contributed by atoms with van der Waals surface area (Å²) in [5.74, 6) is -14.8. The van der Waals surface area contributed by atoms with E-state index in [9.17, 15) is 87.5 Å². The van der Waals surface area contributed by atoms with Crippen molar-refractivity contribution >= 4 is 88.7 Å². The van der Waals surface area contributed by atoms with Gasteiger partial charge in [-0.3, -0.25) is 67.3 Å². The highest BCUT2D eigenvalue weighted by molar-refractivity contribution is 6.00. The number of aliphatic hydroxyl groups is 3. The lowest BCUT2D eigenvalue weighted by Gasteiger charge is -2.32. The molecule has 13 amide bonds. The van der Waals surface area contributed by atoms with Crippen molar-refractivity contribution < 1.29 is 87.5 Å². The summed E-state index contributed by atoms with van der Waals surface area (Å²) in [4.78, 5) is 196. The Bertz CT molecular complexity index is 3090. The van der Waals surface area contributed by atoms with Crippen molar-refractivity contribution in [2.75, 3.05) is 32.8 Å². The van der Waals surface area contributed by atoms with Crippen LogP contribution in [0.2, 0.25) is 0 Å². The first-order valence-electron chi connectivity index (χ1n) is 34.8. The topological polar surface area (TPSA) is 558 Å². The van der Waals surface area contributed by atoms with Gasteiger partial charge >= 0.3 is 5.97 Å². The van der Waals surface area contributed by atoms with E-state index in [0.717, 1.165) is 0 Å². The van der Waals surface area contributed by atoms with Crippen LogP contribution in [0.25, 0.3) is 0 Å². The number of amides is 13. The Kier molecular flexibility index (Phi) is 37.7. The monoisotopic (exact) mass is 1460 g/mol. The first-order valence-corrected chi connectivity index (χ1v) is 34.8. The van der Waals surface area contributed by atoms with Crippen LogP contribution in [0.1, 0.15) is 148 Å².